The first-order valence-corrected chi connectivity index (χ1v) is 7.40. The number of carbonyl (C=O) groups is 1. The van der Waals surface area contributed by atoms with Crippen molar-refractivity contribution in [1.29, 1.82) is 0 Å². The van der Waals surface area contributed by atoms with Crippen LogP contribution in [0.2, 0.25) is 0 Å². The molecule has 0 spiro atoms. The van der Waals surface area contributed by atoms with Crippen LogP contribution in [0.3, 0.4) is 0 Å². The van der Waals surface area contributed by atoms with Crippen molar-refractivity contribution in [2.24, 2.45) is 0 Å². The topological polar surface area (TPSA) is 29.1 Å². The van der Waals surface area contributed by atoms with Crippen molar-refractivity contribution >= 4 is 16.7 Å². The Balaban J connectivity index is 2.17. The summed E-state index contributed by atoms with van der Waals surface area (Å²) in [5.41, 5.74) is 1.65. The van der Waals surface area contributed by atoms with E-state index < -0.39 is 0 Å². The van der Waals surface area contributed by atoms with E-state index in [4.69, 9.17) is 0 Å². The van der Waals surface area contributed by atoms with Crippen LogP contribution in [-0.4, -0.2) is 5.91 Å². The summed E-state index contributed by atoms with van der Waals surface area (Å²) in [5, 5.41) is 5.38. The SMILES string of the molecule is C=C/C(=C\C=C/C)C(=O)N[C@H](C)c1ccc2ccccc2c1. The Morgan fingerprint density at radius 3 is 2.59 bits per heavy atom. The molecular weight excluding hydrogens is 270 g/mol. The molecule has 0 unspecified atom stereocenters. The second-order valence-electron chi connectivity index (χ2n) is 5.15. The Hall–Kier alpha value is -2.61. The van der Waals surface area contributed by atoms with Crippen LogP contribution in [0, 0.1) is 0 Å². The molecule has 2 heteroatoms. The van der Waals surface area contributed by atoms with E-state index in [-0.39, 0.29) is 11.9 Å². The number of rotatable bonds is 5. The summed E-state index contributed by atoms with van der Waals surface area (Å²) in [6, 6.07) is 14.4. The molecule has 0 heterocycles. The highest BCUT2D eigenvalue weighted by molar-refractivity contribution is 5.96. The van der Waals surface area contributed by atoms with Gasteiger partial charge in [-0.25, -0.2) is 0 Å². The molecule has 0 aliphatic heterocycles. The van der Waals surface area contributed by atoms with Crippen molar-refractivity contribution in [2.75, 3.05) is 0 Å². The van der Waals surface area contributed by atoms with E-state index >= 15 is 0 Å². The third-order valence-electron chi connectivity index (χ3n) is 3.57. The van der Waals surface area contributed by atoms with Crippen LogP contribution in [0.5, 0.6) is 0 Å². The maximum atomic E-state index is 12.2. The van der Waals surface area contributed by atoms with Gasteiger partial charge in [0.25, 0.3) is 5.91 Å². The Morgan fingerprint density at radius 2 is 1.91 bits per heavy atom. The first kappa shape index (κ1) is 15.8. The molecule has 0 bridgehead atoms. The van der Waals surface area contributed by atoms with Gasteiger partial charge in [-0.3, -0.25) is 4.79 Å². The lowest BCUT2D eigenvalue weighted by atomic mass is 10.0. The molecule has 1 atom stereocenters. The molecule has 1 amide bonds. The zero-order chi connectivity index (χ0) is 15.9. The molecular formula is C20H21NO. The van der Waals surface area contributed by atoms with Crippen molar-refractivity contribution < 1.29 is 4.79 Å². The smallest absolute Gasteiger partial charge is 0.251 e. The summed E-state index contributed by atoms with van der Waals surface area (Å²) < 4.78 is 0. The van der Waals surface area contributed by atoms with Gasteiger partial charge in [0.2, 0.25) is 0 Å². The van der Waals surface area contributed by atoms with Gasteiger partial charge in [-0.1, -0.05) is 61.2 Å². The minimum Gasteiger partial charge on any atom is -0.346 e. The van der Waals surface area contributed by atoms with Crippen molar-refractivity contribution in [3.8, 4) is 0 Å². The highest BCUT2D eigenvalue weighted by Crippen LogP contribution is 2.20. The van der Waals surface area contributed by atoms with Crippen molar-refractivity contribution in [2.45, 2.75) is 19.9 Å². The predicted molar refractivity (Wildman–Crippen MR) is 93.6 cm³/mol. The Labute approximate surface area is 131 Å². The number of nitrogens with one attached hydrogen (secondary N) is 1. The molecule has 0 aliphatic rings. The fraction of sp³-hybridized carbons (Fsp3) is 0.150. The van der Waals surface area contributed by atoms with E-state index in [9.17, 15) is 4.79 Å². The molecule has 2 aromatic carbocycles. The van der Waals surface area contributed by atoms with E-state index in [1.54, 1.807) is 12.2 Å². The average molecular weight is 291 g/mol. The molecule has 2 nitrogen and oxygen atoms in total. The van der Waals surface area contributed by atoms with Crippen LogP contribution in [0.4, 0.5) is 0 Å². The van der Waals surface area contributed by atoms with Gasteiger partial charge < -0.3 is 5.32 Å². The number of amides is 1. The van der Waals surface area contributed by atoms with E-state index in [2.05, 4.69) is 42.2 Å². The molecule has 0 saturated carbocycles. The summed E-state index contributed by atoms with van der Waals surface area (Å²) in [6.45, 7) is 7.59. The second-order valence-corrected chi connectivity index (χ2v) is 5.15. The van der Waals surface area contributed by atoms with E-state index in [0.29, 0.717) is 5.57 Å². The molecule has 0 aliphatic carbocycles. The summed E-state index contributed by atoms with van der Waals surface area (Å²) in [6.07, 6.45) is 7.04. The standard InChI is InChI=1S/C20H21NO/c1-4-6-9-16(5-2)20(22)21-15(3)18-13-12-17-10-7-8-11-19(17)14-18/h4-15H,2H2,1,3H3,(H,21,22)/b6-4-,16-9+/t15-/m1/s1. The molecule has 0 saturated heterocycles. The minimum absolute atomic E-state index is 0.0638. The number of hydrogen-bond acceptors (Lipinski definition) is 1. The van der Waals surface area contributed by atoms with E-state index in [1.807, 2.05) is 38.1 Å². The van der Waals surface area contributed by atoms with Gasteiger partial charge in [0, 0.05) is 5.57 Å². The van der Waals surface area contributed by atoms with Crippen LogP contribution in [0.25, 0.3) is 10.8 Å². The van der Waals surface area contributed by atoms with Gasteiger partial charge in [-0.2, -0.15) is 0 Å². The first-order valence-electron chi connectivity index (χ1n) is 7.40. The summed E-state index contributed by atoms with van der Waals surface area (Å²) in [4.78, 5) is 12.2. The first-order chi connectivity index (χ1) is 10.7. The molecule has 1 N–H and O–H groups in total. The van der Waals surface area contributed by atoms with Gasteiger partial charge in [0.05, 0.1) is 6.04 Å². The largest absolute Gasteiger partial charge is 0.346 e. The summed E-state index contributed by atoms with van der Waals surface area (Å²) in [7, 11) is 0. The number of hydrogen-bond donors (Lipinski definition) is 1. The average Bonchev–Trinajstić information content (AvgIpc) is 2.55. The van der Waals surface area contributed by atoms with Gasteiger partial charge in [0.15, 0.2) is 0 Å². The molecule has 0 fully saturated rings. The van der Waals surface area contributed by atoms with Crippen molar-refractivity contribution in [1.82, 2.24) is 5.32 Å². The molecule has 112 valence electrons. The summed E-state index contributed by atoms with van der Waals surface area (Å²) >= 11 is 0. The highest BCUT2D eigenvalue weighted by atomic mass is 16.1. The van der Waals surface area contributed by atoms with Crippen LogP contribution in [-0.2, 0) is 4.79 Å². The van der Waals surface area contributed by atoms with Gasteiger partial charge in [-0.15, -0.1) is 0 Å². The van der Waals surface area contributed by atoms with Crippen molar-refractivity contribution in [3.63, 3.8) is 0 Å². The third kappa shape index (κ3) is 3.73. The number of carbonyl (C=O) groups excluding carboxylic acids is 1. The fourth-order valence-electron chi connectivity index (χ4n) is 2.28. The second kappa shape index (κ2) is 7.41. The zero-order valence-corrected chi connectivity index (χ0v) is 13.0. The molecule has 22 heavy (non-hydrogen) atoms. The van der Waals surface area contributed by atoms with Crippen LogP contribution >= 0.6 is 0 Å². The Morgan fingerprint density at radius 1 is 1.18 bits per heavy atom. The van der Waals surface area contributed by atoms with E-state index in [1.165, 1.54) is 10.8 Å². The monoisotopic (exact) mass is 291 g/mol. The van der Waals surface area contributed by atoms with Crippen LogP contribution in [0.1, 0.15) is 25.5 Å². The van der Waals surface area contributed by atoms with Gasteiger partial charge >= 0.3 is 0 Å². The number of fused-ring (bicyclic) bond motifs is 1. The molecule has 0 radical (unpaired) electrons. The number of allylic oxidation sites excluding steroid dienone is 3. The zero-order valence-electron chi connectivity index (χ0n) is 13.0. The lowest BCUT2D eigenvalue weighted by molar-refractivity contribution is -0.117. The molecule has 2 rings (SSSR count). The predicted octanol–water partition coefficient (Wildman–Crippen LogP) is 4.71. The summed E-state index contributed by atoms with van der Waals surface area (Å²) in [5.74, 6) is -0.117. The maximum Gasteiger partial charge on any atom is 0.251 e. The fourth-order valence-corrected chi connectivity index (χ4v) is 2.28. The van der Waals surface area contributed by atoms with E-state index in [0.717, 1.165) is 5.56 Å². The minimum atomic E-state index is -0.117. The lowest BCUT2D eigenvalue weighted by Crippen LogP contribution is -2.27. The Bertz CT molecular complexity index is 740. The van der Waals surface area contributed by atoms with Gasteiger partial charge in [-0.05, 0) is 42.3 Å². The highest BCUT2D eigenvalue weighted by Gasteiger charge is 2.11. The maximum absolute atomic E-state index is 12.2. The van der Waals surface area contributed by atoms with Gasteiger partial charge in [0.1, 0.15) is 0 Å². The molecule has 2 aromatic rings. The normalized spacial score (nSPS) is 13.3. The lowest BCUT2D eigenvalue weighted by Gasteiger charge is -2.15. The molecule has 0 aromatic heterocycles. The quantitative estimate of drug-likeness (QED) is 0.627. The number of benzene rings is 2. The van der Waals surface area contributed by atoms with Crippen LogP contribution in [0.15, 0.2) is 78.9 Å². The Kier molecular flexibility index (Phi) is 5.31. The van der Waals surface area contributed by atoms with Crippen LogP contribution < -0.4 is 5.32 Å². The third-order valence-corrected chi connectivity index (χ3v) is 3.57. The van der Waals surface area contributed by atoms with Crippen molar-refractivity contribution in [3.05, 3.63) is 84.5 Å².